The van der Waals surface area contributed by atoms with E-state index in [1.54, 1.807) is 24.4 Å². The summed E-state index contributed by atoms with van der Waals surface area (Å²) in [6.07, 6.45) is 0.935. The molecule has 0 fully saturated rings. The van der Waals surface area contributed by atoms with Crippen LogP contribution in [0, 0.1) is 5.82 Å². The van der Waals surface area contributed by atoms with Crippen LogP contribution >= 0.6 is 0 Å². The van der Waals surface area contributed by atoms with Gasteiger partial charge in [0.15, 0.2) is 0 Å². The van der Waals surface area contributed by atoms with E-state index in [4.69, 9.17) is 4.74 Å². The van der Waals surface area contributed by atoms with Gasteiger partial charge in [0, 0.05) is 12.6 Å². The van der Waals surface area contributed by atoms with Gasteiger partial charge >= 0.3 is 0 Å². The van der Waals surface area contributed by atoms with Gasteiger partial charge in [0.2, 0.25) is 5.88 Å². The first-order valence-electron chi connectivity index (χ1n) is 6.45. The summed E-state index contributed by atoms with van der Waals surface area (Å²) in [7, 11) is 0. The molecule has 5 heteroatoms. The lowest BCUT2D eigenvalue weighted by atomic mass is 10.1. The number of hydrogen-bond donors (Lipinski definition) is 2. The van der Waals surface area contributed by atoms with Gasteiger partial charge in [-0.1, -0.05) is 12.1 Å². The second-order valence-corrected chi connectivity index (χ2v) is 4.27. The highest BCUT2D eigenvalue weighted by atomic mass is 19.1. The van der Waals surface area contributed by atoms with Crippen molar-refractivity contribution in [1.29, 1.82) is 0 Å². The summed E-state index contributed by atoms with van der Waals surface area (Å²) < 4.78 is 18.0. The Bertz CT molecular complexity index is 529. The van der Waals surface area contributed by atoms with Crippen LogP contribution in [0.4, 0.5) is 10.1 Å². The maximum Gasteiger partial charge on any atom is 0.213 e. The molecule has 20 heavy (non-hydrogen) atoms. The molecule has 0 saturated carbocycles. The summed E-state index contributed by atoms with van der Waals surface area (Å²) in [5, 5.41) is 13.0. The largest absolute Gasteiger partial charge is 0.478 e. The maximum absolute atomic E-state index is 12.8. The van der Waals surface area contributed by atoms with Crippen molar-refractivity contribution in [3.63, 3.8) is 0 Å². The third-order valence-corrected chi connectivity index (χ3v) is 2.78. The highest BCUT2D eigenvalue weighted by molar-refractivity contribution is 5.42. The minimum atomic E-state index is -0.706. The molecule has 1 unspecified atom stereocenters. The number of aromatic nitrogens is 1. The van der Waals surface area contributed by atoms with Crippen LogP contribution in [0.5, 0.6) is 5.88 Å². The lowest BCUT2D eigenvalue weighted by Crippen LogP contribution is -2.12. The molecule has 0 aliphatic heterocycles. The molecule has 106 valence electrons. The molecule has 1 aromatic heterocycles. The van der Waals surface area contributed by atoms with Crippen LogP contribution in [-0.4, -0.2) is 23.2 Å². The summed E-state index contributed by atoms with van der Waals surface area (Å²) in [6, 6.07) is 9.38. The number of aliphatic hydroxyl groups is 1. The van der Waals surface area contributed by atoms with Crippen molar-refractivity contribution in [3.8, 4) is 5.88 Å². The zero-order valence-corrected chi connectivity index (χ0v) is 11.2. The molecule has 1 heterocycles. The molecule has 0 radical (unpaired) electrons. The third-order valence-electron chi connectivity index (χ3n) is 2.78. The molecule has 1 aromatic carbocycles. The van der Waals surface area contributed by atoms with E-state index in [1.807, 2.05) is 13.0 Å². The summed E-state index contributed by atoms with van der Waals surface area (Å²) in [4.78, 5) is 4.11. The molecule has 0 amide bonds. The predicted octanol–water partition coefficient (Wildman–Crippen LogP) is 2.76. The van der Waals surface area contributed by atoms with Crippen LogP contribution in [0.15, 0.2) is 42.6 Å². The maximum atomic E-state index is 12.8. The number of ether oxygens (including phenoxy) is 1. The number of halogens is 1. The standard InChI is InChI=1S/C15H17FN2O2/c1-2-20-15-8-7-13(9-18-15)17-10-14(19)11-3-5-12(16)6-4-11/h3-9,14,17,19H,2,10H2,1H3. The van der Waals surface area contributed by atoms with Gasteiger partial charge in [0.05, 0.1) is 24.6 Å². The number of pyridine rings is 1. The van der Waals surface area contributed by atoms with Crippen molar-refractivity contribution in [1.82, 2.24) is 4.98 Å². The van der Waals surface area contributed by atoms with E-state index >= 15 is 0 Å². The lowest BCUT2D eigenvalue weighted by Gasteiger charge is -2.13. The van der Waals surface area contributed by atoms with Gasteiger partial charge in [0.25, 0.3) is 0 Å². The van der Waals surface area contributed by atoms with Crippen molar-refractivity contribution in [3.05, 3.63) is 54.0 Å². The van der Waals surface area contributed by atoms with Gasteiger partial charge in [-0.15, -0.1) is 0 Å². The van der Waals surface area contributed by atoms with Crippen LogP contribution in [0.25, 0.3) is 0 Å². The van der Waals surface area contributed by atoms with E-state index in [0.717, 1.165) is 5.69 Å². The van der Waals surface area contributed by atoms with Crippen LogP contribution in [-0.2, 0) is 0 Å². The molecule has 0 saturated heterocycles. The van der Waals surface area contributed by atoms with Gasteiger partial charge in [-0.3, -0.25) is 0 Å². The molecule has 0 bridgehead atoms. The molecule has 1 atom stereocenters. The Labute approximate surface area is 117 Å². The molecular weight excluding hydrogens is 259 g/mol. The number of nitrogens with one attached hydrogen (secondary N) is 1. The highest BCUT2D eigenvalue weighted by Gasteiger charge is 2.07. The molecule has 4 nitrogen and oxygen atoms in total. The number of benzene rings is 1. The number of aliphatic hydroxyl groups excluding tert-OH is 1. The fourth-order valence-electron chi connectivity index (χ4n) is 1.74. The first-order chi connectivity index (χ1) is 9.69. The van der Waals surface area contributed by atoms with E-state index in [0.29, 0.717) is 24.6 Å². The molecule has 2 rings (SSSR count). The predicted molar refractivity (Wildman–Crippen MR) is 75.3 cm³/mol. The summed E-state index contributed by atoms with van der Waals surface area (Å²) in [5.74, 6) is 0.252. The average molecular weight is 276 g/mol. The summed E-state index contributed by atoms with van der Waals surface area (Å²) in [6.45, 7) is 2.79. The SMILES string of the molecule is CCOc1ccc(NCC(O)c2ccc(F)cc2)cn1. The Morgan fingerprint density at radius 2 is 2.00 bits per heavy atom. The highest BCUT2D eigenvalue weighted by Crippen LogP contribution is 2.16. The molecule has 2 aromatic rings. The van der Waals surface area contributed by atoms with Crippen LogP contribution in [0.2, 0.25) is 0 Å². The average Bonchev–Trinajstić information content (AvgIpc) is 2.47. The fourth-order valence-corrected chi connectivity index (χ4v) is 1.74. The molecular formula is C15H17FN2O2. The lowest BCUT2D eigenvalue weighted by molar-refractivity contribution is 0.191. The van der Waals surface area contributed by atoms with E-state index in [2.05, 4.69) is 10.3 Å². The van der Waals surface area contributed by atoms with Crippen molar-refractivity contribution >= 4 is 5.69 Å². The van der Waals surface area contributed by atoms with Gasteiger partial charge in [-0.05, 0) is 30.7 Å². The first-order valence-corrected chi connectivity index (χ1v) is 6.45. The van der Waals surface area contributed by atoms with Crippen molar-refractivity contribution < 1.29 is 14.2 Å². The number of nitrogens with zero attached hydrogens (tertiary/aromatic N) is 1. The van der Waals surface area contributed by atoms with Crippen LogP contribution in [0.1, 0.15) is 18.6 Å². The molecule has 0 aliphatic rings. The quantitative estimate of drug-likeness (QED) is 0.852. The van der Waals surface area contributed by atoms with Crippen molar-refractivity contribution in [2.24, 2.45) is 0 Å². The summed E-state index contributed by atoms with van der Waals surface area (Å²) >= 11 is 0. The third kappa shape index (κ3) is 3.93. The van der Waals surface area contributed by atoms with Crippen molar-refractivity contribution in [2.75, 3.05) is 18.5 Å². The number of anilines is 1. The Kier molecular flexibility index (Phi) is 4.90. The minimum absolute atomic E-state index is 0.315. The molecule has 2 N–H and O–H groups in total. The van der Waals surface area contributed by atoms with Crippen LogP contribution < -0.4 is 10.1 Å². The van der Waals surface area contributed by atoms with E-state index in [-0.39, 0.29) is 5.82 Å². The van der Waals surface area contributed by atoms with Crippen molar-refractivity contribution in [2.45, 2.75) is 13.0 Å². The fraction of sp³-hybridized carbons (Fsp3) is 0.267. The Balaban J connectivity index is 1.89. The number of rotatable bonds is 6. The topological polar surface area (TPSA) is 54.4 Å². The van der Waals surface area contributed by atoms with E-state index in [1.165, 1.54) is 12.1 Å². The van der Waals surface area contributed by atoms with Gasteiger partial charge in [-0.2, -0.15) is 0 Å². The zero-order valence-electron chi connectivity index (χ0n) is 11.2. The molecule has 0 aliphatic carbocycles. The van der Waals surface area contributed by atoms with Gasteiger partial charge < -0.3 is 15.2 Å². The van der Waals surface area contributed by atoms with Gasteiger partial charge in [0.1, 0.15) is 5.82 Å². The first kappa shape index (κ1) is 14.3. The smallest absolute Gasteiger partial charge is 0.213 e. The minimum Gasteiger partial charge on any atom is -0.478 e. The van der Waals surface area contributed by atoms with E-state index in [9.17, 15) is 9.50 Å². The normalized spacial score (nSPS) is 11.9. The Morgan fingerprint density at radius 3 is 2.60 bits per heavy atom. The van der Waals surface area contributed by atoms with Crippen LogP contribution in [0.3, 0.4) is 0 Å². The second kappa shape index (κ2) is 6.86. The summed E-state index contributed by atoms with van der Waals surface area (Å²) in [5.41, 5.74) is 1.45. The Morgan fingerprint density at radius 1 is 1.25 bits per heavy atom. The second-order valence-electron chi connectivity index (χ2n) is 4.27. The van der Waals surface area contributed by atoms with Gasteiger partial charge in [-0.25, -0.2) is 9.37 Å². The number of hydrogen-bond acceptors (Lipinski definition) is 4. The zero-order chi connectivity index (χ0) is 14.4. The Hall–Kier alpha value is -2.14. The monoisotopic (exact) mass is 276 g/mol. The molecule has 0 spiro atoms. The van der Waals surface area contributed by atoms with E-state index < -0.39 is 6.10 Å².